The van der Waals surface area contributed by atoms with Crippen LogP contribution in [-0.4, -0.2) is 34.3 Å². The second kappa shape index (κ2) is 4.68. The maximum Gasteiger partial charge on any atom is 0.243 e. The van der Waals surface area contributed by atoms with E-state index in [9.17, 15) is 9.59 Å². The Balaban J connectivity index is 2.31. The molecule has 0 radical (unpaired) electrons. The fourth-order valence-electron chi connectivity index (χ4n) is 2.36. The summed E-state index contributed by atoms with van der Waals surface area (Å²) >= 11 is 1.58. The summed E-state index contributed by atoms with van der Waals surface area (Å²) in [5.74, 6) is -0.139. The van der Waals surface area contributed by atoms with Crippen LogP contribution in [0.1, 0.15) is 35.5 Å². The number of hydrogen-bond acceptors (Lipinski definition) is 4. The third-order valence-corrected chi connectivity index (χ3v) is 4.48. The van der Waals surface area contributed by atoms with Crippen LogP contribution in [0.15, 0.2) is 0 Å². The molecule has 0 bridgehead atoms. The van der Waals surface area contributed by atoms with Crippen molar-refractivity contribution in [3.05, 3.63) is 15.6 Å². The van der Waals surface area contributed by atoms with Gasteiger partial charge in [0.2, 0.25) is 11.8 Å². The standard InChI is InChI=1S/C12H17N3O2S/c1-6-11(18-9(4)14-6)7(2)15-8(3)12(17)13-5-10(15)16/h7-8H,5H2,1-4H3,(H,13,17). The molecule has 1 aromatic rings. The lowest BCUT2D eigenvalue weighted by Gasteiger charge is -2.37. The molecule has 1 aliphatic heterocycles. The van der Waals surface area contributed by atoms with Gasteiger partial charge in [-0.15, -0.1) is 11.3 Å². The monoisotopic (exact) mass is 267 g/mol. The molecule has 1 saturated heterocycles. The van der Waals surface area contributed by atoms with Gasteiger partial charge in [0.15, 0.2) is 0 Å². The van der Waals surface area contributed by atoms with E-state index < -0.39 is 6.04 Å². The number of thiazole rings is 1. The Kier molecular flexibility index (Phi) is 3.38. The van der Waals surface area contributed by atoms with Crippen LogP contribution in [0.25, 0.3) is 0 Å². The van der Waals surface area contributed by atoms with Crippen molar-refractivity contribution in [2.75, 3.05) is 6.54 Å². The molecule has 1 aromatic heterocycles. The van der Waals surface area contributed by atoms with Crippen molar-refractivity contribution >= 4 is 23.2 Å². The van der Waals surface area contributed by atoms with Gasteiger partial charge in [0.05, 0.1) is 23.3 Å². The first-order valence-electron chi connectivity index (χ1n) is 5.94. The topological polar surface area (TPSA) is 62.3 Å². The Labute approximate surface area is 110 Å². The second-order valence-electron chi connectivity index (χ2n) is 4.55. The van der Waals surface area contributed by atoms with E-state index in [2.05, 4.69) is 10.3 Å². The highest BCUT2D eigenvalue weighted by atomic mass is 32.1. The van der Waals surface area contributed by atoms with Crippen molar-refractivity contribution in [1.82, 2.24) is 15.2 Å². The normalized spacial score (nSPS) is 22.0. The summed E-state index contributed by atoms with van der Waals surface area (Å²) in [6, 6.07) is -0.534. The first kappa shape index (κ1) is 13.0. The first-order chi connectivity index (χ1) is 8.41. The Morgan fingerprint density at radius 1 is 1.44 bits per heavy atom. The van der Waals surface area contributed by atoms with E-state index in [1.54, 1.807) is 23.2 Å². The van der Waals surface area contributed by atoms with Gasteiger partial charge in [-0.05, 0) is 27.7 Å². The summed E-state index contributed by atoms with van der Waals surface area (Å²) in [7, 11) is 0. The Hall–Kier alpha value is -1.43. The van der Waals surface area contributed by atoms with Crippen molar-refractivity contribution < 1.29 is 9.59 Å². The van der Waals surface area contributed by atoms with Gasteiger partial charge in [-0.3, -0.25) is 9.59 Å². The average Bonchev–Trinajstić information content (AvgIpc) is 2.63. The molecule has 98 valence electrons. The molecular formula is C12H17N3O2S. The van der Waals surface area contributed by atoms with Crippen molar-refractivity contribution in [1.29, 1.82) is 0 Å². The summed E-state index contributed by atoms with van der Waals surface area (Å²) in [5.41, 5.74) is 0.941. The number of piperazine rings is 1. The van der Waals surface area contributed by atoms with Crippen molar-refractivity contribution in [2.24, 2.45) is 0 Å². The van der Waals surface area contributed by atoms with Crippen molar-refractivity contribution in [3.8, 4) is 0 Å². The third kappa shape index (κ3) is 2.12. The minimum atomic E-state index is -0.428. The highest BCUT2D eigenvalue weighted by Crippen LogP contribution is 2.31. The smallest absolute Gasteiger partial charge is 0.243 e. The van der Waals surface area contributed by atoms with E-state index in [4.69, 9.17) is 0 Å². The SMILES string of the molecule is Cc1nc(C)c(C(C)N2C(=O)CNC(=O)C2C)s1. The number of rotatable bonds is 2. The lowest BCUT2D eigenvalue weighted by Crippen LogP contribution is -2.57. The number of aromatic nitrogens is 1. The molecule has 0 saturated carbocycles. The molecular weight excluding hydrogens is 250 g/mol. The van der Waals surface area contributed by atoms with Gasteiger partial charge in [0.25, 0.3) is 0 Å². The minimum absolute atomic E-state index is 0.0416. The molecule has 0 spiro atoms. The molecule has 1 aliphatic rings. The van der Waals surface area contributed by atoms with Crippen LogP contribution in [0.5, 0.6) is 0 Å². The summed E-state index contributed by atoms with van der Waals surface area (Å²) in [6.45, 7) is 7.68. The van der Waals surface area contributed by atoms with E-state index in [1.807, 2.05) is 20.8 Å². The summed E-state index contributed by atoms with van der Waals surface area (Å²) in [6.07, 6.45) is 0. The van der Waals surface area contributed by atoms with Gasteiger partial charge >= 0.3 is 0 Å². The first-order valence-corrected chi connectivity index (χ1v) is 6.76. The van der Waals surface area contributed by atoms with Crippen LogP contribution in [0, 0.1) is 13.8 Å². The molecule has 1 N–H and O–H groups in total. The average molecular weight is 267 g/mol. The molecule has 2 unspecified atom stereocenters. The number of nitrogens with one attached hydrogen (secondary N) is 1. The fourth-order valence-corrected chi connectivity index (χ4v) is 3.33. The largest absolute Gasteiger partial charge is 0.345 e. The van der Waals surface area contributed by atoms with Gasteiger partial charge in [0.1, 0.15) is 6.04 Å². The molecule has 6 heteroatoms. The predicted molar refractivity (Wildman–Crippen MR) is 69.3 cm³/mol. The molecule has 2 amide bonds. The van der Waals surface area contributed by atoms with E-state index >= 15 is 0 Å². The van der Waals surface area contributed by atoms with E-state index in [1.165, 1.54) is 0 Å². The summed E-state index contributed by atoms with van der Waals surface area (Å²) in [5, 5.41) is 3.58. The summed E-state index contributed by atoms with van der Waals surface area (Å²) < 4.78 is 0. The zero-order valence-electron chi connectivity index (χ0n) is 11.0. The van der Waals surface area contributed by atoms with E-state index in [-0.39, 0.29) is 24.4 Å². The highest BCUT2D eigenvalue weighted by Gasteiger charge is 2.35. The van der Waals surface area contributed by atoms with Gasteiger partial charge in [-0.25, -0.2) is 4.98 Å². The van der Waals surface area contributed by atoms with Gasteiger partial charge in [-0.2, -0.15) is 0 Å². The highest BCUT2D eigenvalue weighted by molar-refractivity contribution is 7.11. The Bertz CT molecular complexity index is 498. The van der Waals surface area contributed by atoms with Crippen LogP contribution in [-0.2, 0) is 9.59 Å². The third-order valence-electron chi connectivity index (χ3n) is 3.23. The minimum Gasteiger partial charge on any atom is -0.345 e. The maximum absolute atomic E-state index is 12.0. The van der Waals surface area contributed by atoms with Crippen LogP contribution >= 0.6 is 11.3 Å². The lowest BCUT2D eigenvalue weighted by atomic mass is 10.1. The molecule has 2 heterocycles. The molecule has 2 atom stereocenters. The quantitative estimate of drug-likeness (QED) is 0.875. The van der Waals surface area contributed by atoms with Crippen LogP contribution in [0.3, 0.4) is 0 Å². The van der Waals surface area contributed by atoms with E-state index in [0.29, 0.717) is 0 Å². The lowest BCUT2D eigenvalue weighted by molar-refractivity contribution is -0.147. The number of nitrogens with zero attached hydrogens (tertiary/aromatic N) is 2. The number of carbonyl (C=O) groups excluding carboxylic acids is 2. The fraction of sp³-hybridized carbons (Fsp3) is 0.583. The number of amides is 2. The van der Waals surface area contributed by atoms with E-state index in [0.717, 1.165) is 15.6 Å². The van der Waals surface area contributed by atoms with Gasteiger partial charge in [0, 0.05) is 4.88 Å². The number of carbonyl (C=O) groups is 2. The molecule has 2 rings (SSSR count). The Morgan fingerprint density at radius 3 is 2.67 bits per heavy atom. The van der Waals surface area contributed by atoms with Crippen LogP contribution in [0.4, 0.5) is 0 Å². The zero-order chi connectivity index (χ0) is 13.4. The van der Waals surface area contributed by atoms with Crippen molar-refractivity contribution in [2.45, 2.75) is 39.8 Å². The van der Waals surface area contributed by atoms with Crippen LogP contribution < -0.4 is 5.32 Å². The molecule has 1 fully saturated rings. The maximum atomic E-state index is 12.0. The predicted octanol–water partition coefficient (Wildman–Crippen LogP) is 1.17. The molecule has 0 aliphatic carbocycles. The molecule has 18 heavy (non-hydrogen) atoms. The molecule has 0 aromatic carbocycles. The summed E-state index contributed by atoms with van der Waals surface area (Å²) in [4.78, 5) is 30.7. The molecule has 5 nitrogen and oxygen atoms in total. The van der Waals surface area contributed by atoms with Gasteiger partial charge < -0.3 is 10.2 Å². The number of hydrogen-bond donors (Lipinski definition) is 1. The van der Waals surface area contributed by atoms with Crippen molar-refractivity contribution in [3.63, 3.8) is 0 Å². The van der Waals surface area contributed by atoms with Gasteiger partial charge in [-0.1, -0.05) is 0 Å². The zero-order valence-corrected chi connectivity index (χ0v) is 11.8. The second-order valence-corrected chi connectivity index (χ2v) is 5.79. The number of aryl methyl sites for hydroxylation is 2. The Morgan fingerprint density at radius 2 is 2.11 bits per heavy atom. The van der Waals surface area contributed by atoms with Crippen LogP contribution in [0.2, 0.25) is 0 Å².